The first-order valence-electron chi connectivity index (χ1n) is 10.3. The normalized spacial score (nSPS) is 17.1. The molecule has 1 saturated heterocycles. The number of piperidine rings is 1. The Morgan fingerprint density at radius 2 is 1.97 bits per heavy atom. The number of fused-ring (bicyclic) bond motifs is 1. The molecule has 1 unspecified atom stereocenters. The van der Waals surface area contributed by atoms with Crippen molar-refractivity contribution < 1.29 is 17.9 Å². The number of nitrogens with one attached hydrogen (secondary N) is 1. The van der Waals surface area contributed by atoms with E-state index in [1.807, 2.05) is 33.7 Å². The fourth-order valence-electron chi connectivity index (χ4n) is 3.91. The monoisotopic (exact) mass is 442 g/mol. The van der Waals surface area contributed by atoms with Crippen LogP contribution in [0.15, 0.2) is 59.8 Å². The molecule has 0 bridgehead atoms. The third kappa shape index (κ3) is 4.88. The average Bonchev–Trinajstić information content (AvgIpc) is 3.21. The molecule has 1 amide bonds. The number of hydrogen-bond donors (Lipinski definition) is 1. The Labute approximate surface area is 181 Å². The van der Waals surface area contributed by atoms with Gasteiger partial charge in [-0.2, -0.15) is 0 Å². The third-order valence-electron chi connectivity index (χ3n) is 5.64. The van der Waals surface area contributed by atoms with Crippen molar-refractivity contribution in [2.75, 3.05) is 26.7 Å². The number of likely N-dealkylation sites (tertiary alicyclic amines) is 1. The molecule has 164 valence electrons. The maximum Gasteiger partial charge on any atom is 0.242 e. The molecule has 1 atom stereocenters. The molecule has 0 spiro atoms. The van der Waals surface area contributed by atoms with E-state index in [2.05, 4.69) is 9.71 Å². The first kappa shape index (κ1) is 21.3. The Morgan fingerprint density at radius 1 is 1.19 bits per heavy atom. The van der Waals surface area contributed by atoms with E-state index in [4.69, 9.17) is 4.74 Å². The summed E-state index contributed by atoms with van der Waals surface area (Å²) < 4.78 is 34.8. The minimum atomic E-state index is -3.61. The summed E-state index contributed by atoms with van der Waals surface area (Å²) in [4.78, 5) is 19.2. The van der Waals surface area contributed by atoms with E-state index in [1.165, 1.54) is 19.2 Å². The van der Waals surface area contributed by atoms with Crippen molar-refractivity contribution in [2.24, 2.45) is 5.92 Å². The highest BCUT2D eigenvalue weighted by Crippen LogP contribution is 2.20. The van der Waals surface area contributed by atoms with Gasteiger partial charge in [-0.05, 0) is 55.2 Å². The number of ether oxygens (including phenoxy) is 1. The summed E-state index contributed by atoms with van der Waals surface area (Å²) in [5, 5.41) is 0. The number of carbonyl (C=O) groups excluding carboxylic acids is 1. The number of benzene rings is 2. The van der Waals surface area contributed by atoms with Crippen molar-refractivity contribution in [3.05, 3.63) is 54.9 Å². The first-order valence-corrected chi connectivity index (χ1v) is 11.8. The maximum atomic E-state index is 12.9. The van der Waals surface area contributed by atoms with E-state index in [0.29, 0.717) is 25.4 Å². The van der Waals surface area contributed by atoms with Crippen LogP contribution in [0.4, 0.5) is 0 Å². The zero-order valence-electron chi connectivity index (χ0n) is 17.4. The molecular formula is C22H26N4O4S. The Kier molecular flexibility index (Phi) is 6.24. The Balaban J connectivity index is 1.35. The molecule has 1 aliphatic rings. The summed E-state index contributed by atoms with van der Waals surface area (Å²) >= 11 is 0. The van der Waals surface area contributed by atoms with E-state index in [9.17, 15) is 13.2 Å². The minimum Gasteiger partial charge on any atom is -0.497 e. The molecule has 1 N–H and O–H groups in total. The quantitative estimate of drug-likeness (QED) is 0.606. The molecule has 2 heterocycles. The molecule has 1 aromatic heterocycles. The topological polar surface area (TPSA) is 93.5 Å². The van der Waals surface area contributed by atoms with Gasteiger partial charge in [0.2, 0.25) is 15.9 Å². The van der Waals surface area contributed by atoms with Gasteiger partial charge in [0.05, 0.1) is 29.4 Å². The molecule has 9 heteroatoms. The van der Waals surface area contributed by atoms with Gasteiger partial charge in [-0.15, -0.1) is 0 Å². The summed E-state index contributed by atoms with van der Waals surface area (Å²) in [6, 6.07) is 14.0. The molecule has 1 aliphatic heterocycles. The van der Waals surface area contributed by atoms with Gasteiger partial charge in [-0.1, -0.05) is 12.1 Å². The SMILES string of the molecule is COc1ccc(S(=O)(=O)NCC2CCCN(C(=O)Cn3cnc4ccccc43)C2)cc1. The number of aromatic nitrogens is 2. The van der Waals surface area contributed by atoms with Crippen molar-refractivity contribution in [1.29, 1.82) is 0 Å². The summed E-state index contributed by atoms with van der Waals surface area (Å²) in [7, 11) is -2.07. The number of imidazole rings is 1. The Hall–Kier alpha value is -2.91. The molecule has 0 radical (unpaired) electrons. The van der Waals surface area contributed by atoms with Crippen molar-refractivity contribution in [1.82, 2.24) is 19.2 Å². The van der Waals surface area contributed by atoms with Crippen LogP contribution in [0.3, 0.4) is 0 Å². The van der Waals surface area contributed by atoms with Crippen molar-refractivity contribution in [2.45, 2.75) is 24.3 Å². The first-order chi connectivity index (χ1) is 15.0. The van der Waals surface area contributed by atoms with Crippen LogP contribution in [-0.4, -0.2) is 55.5 Å². The summed E-state index contributed by atoms with van der Waals surface area (Å²) in [5.74, 6) is 0.696. The van der Waals surface area contributed by atoms with Crippen molar-refractivity contribution >= 4 is 27.0 Å². The van der Waals surface area contributed by atoms with Gasteiger partial charge >= 0.3 is 0 Å². The predicted octanol–water partition coefficient (Wildman–Crippen LogP) is 2.26. The highest BCUT2D eigenvalue weighted by molar-refractivity contribution is 7.89. The van der Waals surface area contributed by atoms with Gasteiger partial charge in [0.25, 0.3) is 0 Å². The number of methoxy groups -OCH3 is 1. The van der Waals surface area contributed by atoms with E-state index in [-0.39, 0.29) is 23.3 Å². The summed E-state index contributed by atoms with van der Waals surface area (Å²) in [6.07, 6.45) is 3.42. The largest absolute Gasteiger partial charge is 0.497 e. The van der Waals surface area contributed by atoms with E-state index in [1.54, 1.807) is 18.5 Å². The average molecular weight is 443 g/mol. The minimum absolute atomic E-state index is 0.0193. The van der Waals surface area contributed by atoms with Gasteiger partial charge in [0.1, 0.15) is 12.3 Å². The lowest BCUT2D eigenvalue weighted by Gasteiger charge is -2.33. The third-order valence-corrected chi connectivity index (χ3v) is 7.08. The molecule has 4 rings (SSSR count). The van der Waals surface area contributed by atoms with Crippen LogP contribution in [-0.2, 0) is 21.4 Å². The Morgan fingerprint density at radius 3 is 2.74 bits per heavy atom. The van der Waals surface area contributed by atoms with Crippen LogP contribution >= 0.6 is 0 Å². The predicted molar refractivity (Wildman–Crippen MR) is 117 cm³/mol. The molecule has 31 heavy (non-hydrogen) atoms. The molecule has 3 aromatic rings. The number of carbonyl (C=O) groups is 1. The van der Waals surface area contributed by atoms with Crippen LogP contribution in [0, 0.1) is 5.92 Å². The Bertz CT molecular complexity index is 1160. The second-order valence-corrected chi connectivity index (χ2v) is 9.50. The fourth-order valence-corrected chi connectivity index (χ4v) is 5.02. The number of amides is 1. The molecule has 2 aromatic carbocycles. The molecule has 8 nitrogen and oxygen atoms in total. The van der Waals surface area contributed by atoms with Gasteiger partial charge in [-0.25, -0.2) is 18.1 Å². The molecule has 0 saturated carbocycles. The zero-order chi connectivity index (χ0) is 21.8. The number of rotatable bonds is 7. The highest BCUT2D eigenvalue weighted by Gasteiger charge is 2.25. The second-order valence-electron chi connectivity index (χ2n) is 7.74. The van der Waals surface area contributed by atoms with Crippen LogP contribution in [0.1, 0.15) is 12.8 Å². The number of sulfonamides is 1. The van der Waals surface area contributed by atoms with Crippen LogP contribution in [0.5, 0.6) is 5.75 Å². The fraction of sp³-hybridized carbons (Fsp3) is 0.364. The number of para-hydroxylation sites is 2. The zero-order valence-corrected chi connectivity index (χ0v) is 18.2. The van der Waals surface area contributed by atoms with Crippen LogP contribution in [0.2, 0.25) is 0 Å². The van der Waals surface area contributed by atoms with Gasteiger partial charge in [0.15, 0.2) is 0 Å². The van der Waals surface area contributed by atoms with Gasteiger partial charge in [-0.3, -0.25) is 4.79 Å². The van der Waals surface area contributed by atoms with Crippen LogP contribution < -0.4 is 9.46 Å². The van der Waals surface area contributed by atoms with E-state index >= 15 is 0 Å². The number of nitrogens with zero attached hydrogens (tertiary/aromatic N) is 3. The van der Waals surface area contributed by atoms with E-state index < -0.39 is 10.0 Å². The number of hydrogen-bond acceptors (Lipinski definition) is 5. The van der Waals surface area contributed by atoms with Gasteiger partial charge < -0.3 is 14.2 Å². The van der Waals surface area contributed by atoms with E-state index in [0.717, 1.165) is 23.9 Å². The lowest BCUT2D eigenvalue weighted by molar-refractivity contribution is -0.133. The second kappa shape index (κ2) is 9.07. The van der Waals surface area contributed by atoms with Gasteiger partial charge in [0, 0.05) is 19.6 Å². The lowest BCUT2D eigenvalue weighted by atomic mass is 9.98. The smallest absolute Gasteiger partial charge is 0.242 e. The molecular weight excluding hydrogens is 416 g/mol. The molecule has 0 aliphatic carbocycles. The lowest BCUT2D eigenvalue weighted by Crippen LogP contribution is -2.44. The standard InChI is InChI=1S/C22H26N4O4S/c1-30-18-8-10-19(11-9-18)31(28,29)24-13-17-5-4-12-25(14-17)22(27)15-26-16-23-20-6-2-3-7-21(20)26/h2-3,6-11,16-17,24H,4-5,12-15H2,1H3. The van der Waals surface area contributed by atoms with Crippen LogP contribution in [0.25, 0.3) is 11.0 Å². The highest BCUT2D eigenvalue weighted by atomic mass is 32.2. The maximum absolute atomic E-state index is 12.9. The summed E-state index contributed by atoms with van der Waals surface area (Å²) in [6.45, 7) is 1.75. The van der Waals surface area contributed by atoms with Crippen molar-refractivity contribution in [3.63, 3.8) is 0 Å². The van der Waals surface area contributed by atoms with Crippen molar-refractivity contribution in [3.8, 4) is 5.75 Å². The molecule has 1 fully saturated rings. The summed E-state index contributed by atoms with van der Waals surface area (Å²) in [5.41, 5.74) is 1.79.